The molecule has 0 amide bonds. The lowest BCUT2D eigenvalue weighted by atomic mass is 10.1. The zero-order valence-corrected chi connectivity index (χ0v) is 7.36. The Morgan fingerprint density at radius 1 is 1.50 bits per heavy atom. The molecule has 0 aliphatic heterocycles. The van der Waals surface area contributed by atoms with Crippen molar-refractivity contribution in [1.82, 2.24) is 0 Å². The van der Waals surface area contributed by atoms with Gasteiger partial charge in [0.1, 0.15) is 0 Å². The van der Waals surface area contributed by atoms with E-state index in [1.54, 1.807) is 0 Å². The summed E-state index contributed by atoms with van der Waals surface area (Å²) < 4.78 is 0. The Balaban J connectivity index is 3.28. The van der Waals surface area contributed by atoms with Gasteiger partial charge in [-0.2, -0.15) is 5.26 Å². The number of hydrogen-bond acceptors (Lipinski definition) is 2. The smallest absolute Gasteiger partial charge is 0.253 e. The van der Waals surface area contributed by atoms with Gasteiger partial charge in [0.05, 0.1) is 22.2 Å². The molecule has 60 valence electrons. The predicted molar refractivity (Wildman–Crippen MR) is 46.4 cm³/mol. The lowest BCUT2D eigenvalue weighted by Crippen LogP contribution is -1.90. The molecule has 0 aliphatic carbocycles. The molecule has 0 N–H and O–H groups in total. The van der Waals surface area contributed by atoms with Crippen molar-refractivity contribution in [2.24, 2.45) is 0 Å². The van der Waals surface area contributed by atoms with E-state index in [9.17, 15) is 4.79 Å². The van der Waals surface area contributed by atoms with E-state index in [0.29, 0.717) is 5.56 Å². The van der Waals surface area contributed by atoms with E-state index in [4.69, 9.17) is 28.5 Å². The van der Waals surface area contributed by atoms with E-state index < -0.39 is 5.24 Å². The molecule has 1 rings (SSSR count). The molecule has 0 bridgehead atoms. The summed E-state index contributed by atoms with van der Waals surface area (Å²) >= 11 is 10.8. The van der Waals surface area contributed by atoms with Gasteiger partial charge in [0.2, 0.25) is 0 Å². The van der Waals surface area contributed by atoms with Crippen molar-refractivity contribution < 1.29 is 4.79 Å². The molecule has 0 saturated heterocycles. The summed E-state index contributed by atoms with van der Waals surface area (Å²) in [6.07, 6.45) is 0. The third kappa shape index (κ3) is 1.76. The lowest BCUT2D eigenvalue weighted by molar-refractivity contribution is 0.108. The summed E-state index contributed by atoms with van der Waals surface area (Å²) in [5, 5.41) is 8.09. The largest absolute Gasteiger partial charge is 0.276 e. The van der Waals surface area contributed by atoms with Gasteiger partial charge in [-0.3, -0.25) is 4.79 Å². The minimum absolute atomic E-state index is 0.164. The Kier molecular flexibility index (Phi) is 2.69. The van der Waals surface area contributed by atoms with Gasteiger partial charge in [-0.1, -0.05) is 11.6 Å². The van der Waals surface area contributed by atoms with E-state index in [0.717, 1.165) is 0 Å². The maximum Gasteiger partial charge on any atom is 0.253 e. The molecule has 1 aromatic carbocycles. The fraction of sp³-hybridized carbons (Fsp3) is 0. The van der Waals surface area contributed by atoms with Crippen LogP contribution in [0, 0.1) is 11.3 Å². The van der Waals surface area contributed by atoms with Gasteiger partial charge in [-0.15, -0.1) is 0 Å². The van der Waals surface area contributed by atoms with Crippen molar-refractivity contribution in [2.75, 3.05) is 0 Å². The van der Waals surface area contributed by atoms with E-state index in [1.807, 2.05) is 6.07 Å². The van der Waals surface area contributed by atoms with Crippen LogP contribution in [0.25, 0.3) is 0 Å². The van der Waals surface area contributed by atoms with Gasteiger partial charge >= 0.3 is 0 Å². The number of halogens is 2. The van der Waals surface area contributed by atoms with Gasteiger partial charge in [-0.25, -0.2) is 0 Å². The van der Waals surface area contributed by atoms with Gasteiger partial charge in [-0.05, 0) is 29.8 Å². The molecule has 0 aromatic heterocycles. The molecule has 1 aromatic rings. The minimum atomic E-state index is -0.655. The van der Waals surface area contributed by atoms with Gasteiger partial charge in [0, 0.05) is 0 Å². The zero-order valence-electron chi connectivity index (χ0n) is 5.84. The lowest BCUT2D eigenvalue weighted by Gasteiger charge is -1.96. The fourth-order valence-electron chi connectivity index (χ4n) is 0.745. The van der Waals surface area contributed by atoms with E-state index in [2.05, 4.69) is 0 Å². The monoisotopic (exact) mass is 199 g/mol. The van der Waals surface area contributed by atoms with E-state index in [-0.39, 0.29) is 10.6 Å². The molecular formula is C8H3Cl2NO. The first kappa shape index (κ1) is 9.05. The van der Waals surface area contributed by atoms with Gasteiger partial charge in [0.25, 0.3) is 5.24 Å². The zero-order chi connectivity index (χ0) is 9.14. The van der Waals surface area contributed by atoms with Crippen molar-refractivity contribution in [3.63, 3.8) is 0 Å². The summed E-state index contributed by atoms with van der Waals surface area (Å²) in [7, 11) is 0. The maximum atomic E-state index is 10.7. The highest BCUT2D eigenvalue weighted by Crippen LogP contribution is 2.18. The average molecular weight is 200 g/mol. The van der Waals surface area contributed by atoms with Crippen molar-refractivity contribution in [2.45, 2.75) is 0 Å². The molecule has 0 unspecified atom stereocenters. The van der Waals surface area contributed by atoms with Crippen LogP contribution >= 0.6 is 23.2 Å². The SMILES string of the molecule is N#Cc1ccc(Cl)c(C(=O)Cl)c1. The standard InChI is InChI=1S/C8H3Cl2NO/c9-7-2-1-5(4-11)3-6(7)8(10)12/h1-3H. The molecule has 2 nitrogen and oxygen atoms in total. The molecule has 0 atom stereocenters. The van der Waals surface area contributed by atoms with Crippen LogP contribution in [0.2, 0.25) is 5.02 Å². The fourth-order valence-corrected chi connectivity index (χ4v) is 1.15. The first-order valence-electron chi connectivity index (χ1n) is 3.04. The first-order chi connectivity index (χ1) is 5.65. The van der Waals surface area contributed by atoms with Crippen molar-refractivity contribution in [1.29, 1.82) is 5.26 Å². The summed E-state index contributed by atoms with van der Waals surface area (Å²) in [6, 6.07) is 6.23. The van der Waals surface area contributed by atoms with Gasteiger partial charge < -0.3 is 0 Å². The van der Waals surface area contributed by atoms with Crippen LogP contribution in [0.1, 0.15) is 15.9 Å². The number of hydrogen-bond donors (Lipinski definition) is 0. The highest BCUT2D eigenvalue weighted by Gasteiger charge is 2.07. The van der Waals surface area contributed by atoms with Crippen molar-refractivity contribution in [3.8, 4) is 6.07 Å². The van der Waals surface area contributed by atoms with E-state index in [1.165, 1.54) is 18.2 Å². The number of carbonyl (C=O) groups is 1. The Hall–Kier alpha value is -1.04. The Labute approximate surface area is 79.3 Å². The quantitative estimate of drug-likeness (QED) is 0.653. The van der Waals surface area contributed by atoms with Crippen LogP contribution < -0.4 is 0 Å². The molecule has 0 saturated carbocycles. The number of nitriles is 1. The van der Waals surface area contributed by atoms with Crippen molar-refractivity contribution in [3.05, 3.63) is 34.3 Å². The molecular weight excluding hydrogens is 197 g/mol. The topological polar surface area (TPSA) is 40.9 Å². The average Bonchev–Trinajstić information content (AvgIpc) is 2.05. The summed E-state index contributed by atoms with van der Waals surface area (Å²) in [6.45, 7) is 0. The second-order valence-corrected chi connectivity index (χ2v) is 2.83. The molecule has 0 aliphatic rings. The number of carbonyl (C=O) groups excluding carboxylic acids is 1. The minimum Gasteiger partial charge on any atom is -0.276 e. The van der Waals surface area contributed by atoms with Crippen LogP contribution in [0.3, 0.4) is 0 Å². The molecule has 0 heterocycles. The molecule has 0 fully saturated rings. The van der Waals surface area contributed by atoms with Crippen LogP contribution in [0.15, 0.2) is 18.2 Å². The number of benzene rings is 1. The third-order valence-electron chi connectivity index (χ3n) is 1.31. The molecule has 0 spiro atoms. The summed E-state index contributed by atoms with van der Waals surface area (Å²) in [4.78, 5) is 10.7. The van der Waals surface area contributed by atoms with Crippen LogP contribution in [0.5, 0.6) is 0 Å². The number of rotatable bonds is 1. The summed E-state index contributed by atoms with van der Waals surface area (Å²) in [5.74, 6) is 0. The van der Waals surface area contributed by atoms with Crippen molar-refractivity contribution >= 4 is 28.4 Å². The second-order valence-electron chi connectivity index (χ2n) is 2.08. The molecule has 4 heteroatoms. The van der Waals surface area contributed by atoms with Crippen LogP contribution in [-0.2, 0) is 0 Å². The predicted octanol–water partition coefficient (Wildman–Crippen LogP) is 2.59. The second kappa shape index (κ2) is 3.57. The highest BCUT2D eigenvalue weighted by molar-refractivity contribution is 6.68. The Morgan fingerprint density at radius 2 is 2.17 bits per heavy atom. The normalized spacial score (nSPS) is 9.08. The number of nitrogens with zero attached hydrogens (tertiary/aromatic N) is 1. The Morgan fingerprint density at radius 3 is 2.67 bits per heavy atom. The van der Waals surface area contributed by atoms with E-state index >= 15 is 0 Å². The first-order valence-corrected chi connectivity index (χ1v) is 3.80. The van der Waals surface area contributed by atoms with Crippen LogP contribution in [0.4, 0.5) is 0 Å². The maximum absolute atomic E-state index is 10.7. The molecule has 0 radical (unpaired) electrons. The molecule has 12 heavy (non-hydrogen) atoms. The summed E-state index contributed by atoms with van der Waals surface area (Å²) in [5.41, 5.74) is 0.529. The third-order valence-corrected chi connectivity index (χ3v) is 1.84. The highest BCUT2D eigenvalue weighted by atomic mass is 35.5. The Bertz CT molecular complexity index is 368. The van der Waals surface area contributed by atoms with Gasteiger partial charge in [0.15, 0.2) is 0 Å². The van der Waals surface area contributed by atoms with Crippen LogP contribution in [-0.4, -0.2) is 5.24 Å².